The number of amides is 12. The highest BCUT2D eigenvalue weighted by Crippen LogP contribution is 2.37. The molecule has 2 aromatic carbocycles. The lowest BCUT2D eigenvalue weighted by Crippen LogP contribution is -2.43. The average molecular weight is 1370 g/mol. The summed E-state index contributed by atoms with van der Waals surface area (Å²) in [5, 5.41) is 22.4. The summed E-state index contributed by atoms with van der Waals surface area (Å²) < 4.78 is 5.44. The summed E-state index contributed by atoms with van der Waals surface area (Å²) in [7, 11) is 1.63. The Labute approximate surface area is 580 Å². The largest absolute Gasteiger partial charge is 0.496 e. The molecule has 0 radical (unpaired) electrons. The first-order valence-corrected chi connectivity index (χ1v) is 33.0. The lowest BCUT2D eigenvalue weighted by Gasteiger charge is -2.26. The smallest absolute Gasteiger partial charge is 0.315 e. The summed E-state index contributed by atoms with van der Waals surface area (Å²) in [5.41, 5.74) is 24.6. The van der Waals surface area contributed by atoms with Gasteiger partial charge in [-0.25, -0.2) is 34.2 Å². The normalized spacial score (nSPS) is 15.8. The molecule has 2 unspecified atom stereocenters. The zero-order valence-electron chi connectivity index (χ0n) is 56.1. The number of nitrogen functional groups attached to an aromatic ring is 3. The first-order chi connectivity index (χ1) is 48.5. The van der Waals surface area contributed by atoms with Crippen LogP contribution in [0.2, 0.25) is 0 Å². The maximum atomic E-state index is 12.7. The second kappa shape index (κ2) is 38.9. The van der Waals surface area contributed by atoms with Crippen molar-refractivity contribution < 1.29 is 47.9 Å². The number of aromatic nitrogens is 5. The quantitative estimate of drug-likeness (QED) is 0.0435. The van der Waals surface area contributed by atoms with Gasteiger partial charge in [0.2, 0.25) is 17.7 Å². The van der Waals surface area contributed by atoms with Gasteiger partial charge in [-0.05, 0) is 134 Å². The zero-order valence-corrected chi connectivity index (χ0v) is 56.1. The molecule has 30 heteroatoms. The fraction of sp³-hybridized carbons (Fsp3) is 0.357. The van der Waals surface area contributed by atoms with Gasteiger partial charge in [-0.15, -0.1) is 0 Å². The van der Waals surface area contributed by atoms with Crippen molar-refractivity contribution in [3.8, 4) is 5.75 Å². The van der Waals surface area contributed by atoms with E-state index in [0.717, 1.165) is 95.5 Å². The number of nitrogens with zero attached hydrogens (tertiary/aromatic N) is 9. The second-order valence-corrected chi connectivity index (χ2v) is 23.6. The van der Waals surface area contributed by atoms with Crippen LogP contribution >= 0.6 is 0 Å². The molecule has 0 bridgehead atoms. The highest BCUT2D eigenvalue weighted by Gasteiger charge is 2.34. The fourth-order valence-corrected chi connectivity index (χ4v) is 11.2. The molecule has 4 aliphatic rings. The number of carbonyl (C=O) groups excluding carboxylic acids is 8. The number of hydrogen-bond donors (Lipinski definition) is 11. The maximum Gasteiger partial charge on any atom is 0.315 e. The fourth-order valence-electron chi connectivity index (χ4n) is 11.2. The van der Waals surface area contributed by atoms with Crippen molar-refractivity contribution in [3.63, 3.8) is 0 Å². The third kappa shape index (κ3) is 23.8. The number of likely N-dealkylation sites (tertiary alicyclic amines) is 3. The highest BCUT2D eigenvalue weighted by molar-refractivity contribution is 5.86. The molecule has 4 aliphatic heterocycles. The number of aryl methyl sites for hydroxylation is 1. The Hall–Kier alpha value is -11.7. The number of anilines is 3. The van der Waals surface area contributed by atoms with Crippen molar-refractivity contribution in [1.29, 1.82) is 0 Å². The topological polar surface area (TPSA) is 407 Å². The van der Waals surface area contributed by atoms with Crippen molar-refractivity contribution >= 4 is 65.1 Å². The van der Waals surface area contributed by atoms with Crippen molar-refractivity contribution in [2.75, 3.05) is 83.3 Å². The lowest BCUT2D eigenvalue weighted by molar-refractivity contribution is -0.167. The van der Waals surface area contributed by atoms with E-state index in [2.05, 4.69) is 67.5 Å². The predicted octanol–water partition coefficient (Wildman–Crippen LogP) is 5.24. The van der Waals surface area contributed by atoms with Crippen molar-refractivity contribution in [2.24, 2.45) is 0 Å². The first-order valence-electron chi connectivity index (χ1n) is 33.0. The zero-order chi connectivity index (χ0) is 71.0. The molecule has 4 fully saturated rings. The molecule has 9 heterocycles. The molecule has 5 aromatic heterocycles. The number of nitrogens with one attached hydrogen (secondary N) is 8. The van der Waals surface area contributed by atoms with Crippen LogP contribution in [0.25, 0.3) is 0 Å². The number of hydroxylamine groups is 2. The molecule has 3 atom stereocenters. The van der Waals surface area contributed by atoms with Crippen LogP contribution < -0.4 is 64.5 Å². The SMILES string of the molecule is COc1ccccc1C1CCCN1C(=O)CNC(=O)NCc1ccc(C)nc1.Nc1ccc(CNC(=O)NCC(=O)N2CCCC2c2ccccn2)cn1.Nc1ccc(CNC(=O)NCC(=O)N2CCCO2)cn1.Nc1ccc(CNC(=O)NCC(=O)N2CCC[C@@H]2c2cccnc2)cc1. The monoisotopic (exact) mass is 1370 g/mol. The van der Waals surface area contributed by atoms with E-state index in [9.17, 15) is 38.4 Å². The van der Waals surface area contributed by atoms with E-state index >= 15 is 0 Å². The number of rotatable bonds is 20. The van der Waals surface area contributed by atoms with Gasteiger partial charge in [0.15, 0.2) is 0 Å². The highest BCUT2D eigenvalue weighted by atomic mass is 16.7. The molecule has 30 nitrogen and oxygen atoms in total. The van der Waals surface area contributed by atoms with Gasteiger partial charge in [0, 0.05) is 99.9 Å². The van der Waals surface area contributed by atoms with Gasteiger partial charge in [0.1, 0.15) is 23.9 Å². The van der Waals surface area contributed by atoms with Gasteiger partial charge < -0.3 is 79.2 Å². The Balaban J connectivity index is 0.000000171. The van der Waals surface area contributed by atoms with Crippen molar-refractivity contribution in [3.05, 3.63) is 197 Å². The summed E-state index contributed by atoms with van der Waals surface area (Å²) in [5.74, 6) is 1.09. The number of carbonyl (C=O) groups is 8. The molecule has 14 N–H and O–H groups in total. The molecule has 0 aliphatic carbocycles. The number of para-hydroxylation sites is 1. The van der Waals surface area contributed by atoms with Crippen LogP contribution in [0, 0.1) is 6.92 Å². The summed E-state index contributed by atoms with van der Waals surface area (Å²) in [6.45, 7) is 6.25. The standard InChI is InChI=1S/C21H26N4O3.C19H23N5O2.C18H22N6O2.C12H17N5O3/c1-15-9-10-16(12-22-15)13-23-21(27)24-14-20(26)25-11-5-7-18(25)17-6-3-4-8-19(17)28-2;20-16-7-5-14(6-8-16)11-22-19(26)23-13-18(25)24-10-2-4-17(24)15-3-1-9-21-12-15;19-16-7-6-13(10-21-16)11-22-18(26)23-12-17(25)24-9-3-5-15(24)14-4-1-2-8-20-14;13-10-3-2-9(6-14-10)7-15-12(19)16-8-11(18)17-4-1-5-20-17/h3-4,6,8-10,12,18H,5,7,11,13-14H2,1-2H3,(H2,23,24,27);1,3,5-9,12,17H,2,4,10-11,13,20H2,(H2,22,23,26);1-2,4,6-8,10,15H,3,5,9,11-12H2,(H2,19,21)(H2,22,23,26);2-3,6H,1,4-5,7-8H2,(H2,13,14)(H2,15,16,19)/t;17-;;/m.1../s1. The molecular weight excluding hydrogens is 1280 g/mol. The lowest BCUT2D eigenvalue weighted by atomic mass is 10.0. The minimum Gasteiger partial charge on any atom is -0.496 e. The number of nitrogens with two attached hydrogens (primary N) is 3. The Morgan fingerprint density at radius 1 is 0.460 bits per heavy atom. The Morgan fingerprint density at radius 2 is 0.940 bits per heavy atom. The van der Waals surface area contributed by atoms with E-state index in [1.807, 2.05) is 95.6 Å². The molecule has 100 heavy (non-hydrogen) atoms. The molecule has 12 amide bonds. The number of ether oxygens (including phenoxy) is 1. The minimum absolute atomic E-state index is 0.0191. The Bertz CT molecular complexity index is 3630. The summed E-state index contributed by atoms with van der Waals surface area (Å²) >= 11 is 0. The van der Waals surface area contributed by atoms with E-state index in [0.29, 0.717) is 76.3 Å². The number of pyridine rings is 5. The number of methoxy groups -OCH3 is 1. The predicted molar refractivity (Wildman–Crippen MR) is 373 cm³/mol. The van der Waals surface area contributed by atoms with Crippen LogP contribution in [0.15, 0.2) is 152 Å². The van der Waals surface area contributed by atoms with Gasteiger partial charge in [-0.3, -0.25) is 39.0 Å². The summed E-state index contributed by atoms with van der Waals surface area (Å²) in [4.78, 5) is 128. The van der Waals surface area contributed by atoms with Crippen LogP contribution in [-0.4, -0.2) is 159 Å². The molecule has 7 aromatic rings. The van der Waals surface area contributed by atoms with Crippen LogP contribution in [0.4, 0.5) is 36.5 Å². The third-order valence-corrected chi connectivity index (χ3v) is 16.4. The second-order valence-electron chi connectivity index (χ2n) is 23.6. The van der Waals surface area contributed by atoms with Crippen LogP contribution in [-0.2, 0) is 50.2 Å². The number of benzene rings is 2. The Morgan fingerprint density at radius 3 is 1.42 bits per heavy atom. The van der Waals surface area contributed by atoms with Crippen LogP contribution in [0.5, 0.6) is 5.75 Å². The van der Waals surface area contributed by atoms with Gasteiger partial charge in [-0.2, -0.15) is 0 Å². The van der Waals surface area contributed by atoms with Crippen molar-refractivity contribution in [2.45, 2.75) is 96.2 Å². The van der Waals surface area contributed by atoms with E-state index < -0.39 is 12.1 Å². The first kappa shape index (κ1) is 74.1. The van der Waals surface area contributed by atoms with E-state index in [1.54, 1.807) is 85.6 Å². The van der Waals surface area contributed by atoms with Gasteiger partial charge in [0.25, 0.3) is 5.91 Å². The molecule has 528 valence electrons. The average Bonchev–Trinajstić information content (AvgIpc) is 1.64. The van der Waals surface area contributed by atoms with E-state index in [-0.39, 0.29) is 80.0 Å². The van der Waals surface area contributed by atoms with Gasteiger partial charge >= 0.3 is 24.1 Å². The van der Waals surface area contributed by atoms with Gasteiger partial charge in [-0.1, -0.05) is 60.7 Å². The molecule has 0 spiro atoms. The van der Waals surface area contributed by atoms with Crippen molar-refractivity contribution in [1.82, 2.24) is 87.2 Å². The van der Waals surface area contributed by atoms with Crippen LogP contribution in [0.3, 0.4) is 0 Å². The maximum absolute atomic E-state index is 12.7. The third-order valence-electron chi connectivity index (χ3n) is 16.4. The summed E-state index contributed by atoms with van der Waals surface area (Å²) in [6.07, 6.45) is 16.5. The van der Waals surface area contributed by atoms with Gasteiger partial charge in [0.05, 0.1) is 63.7 Å². The summed E-state index contributed by atoms with van der Waals surface area (Å²) in [6, 6.07) is 33.7. The number of urea groups is 4. The minimum atomic E-state index is -0.422. The van der Waals surface area contributed by atoms with E-state index in [4.69, 9.17) is 26.8 Å². The molecule has 0 saturated carbocycles. The van der Waals surface area contributed by atoms with E-state index in [1.165, 1.54) is 5.06 Å². The van der Waals surface area contributed by atoms with Crippen LogP contribution in [0.1, 0.15) is 108 Å². The molecular formula is C70H88N20O10. The molecule has 4 saturated heterocycles. The number of hydrogen-bond acceptors (Lipinski definition) is 18. The Kier molecular flexibility index (Phi) is 28.8. The molecule has 11 rings (SSSR count).